The molecule has 0 saturated heterocycles. The summed E-state index contributed by atoms with van der Waals surface area (Å²) in [5, 5.41) is 21.1. The number of nitrogens with zero attached hydrogens (tertiary/aromatic N) is 4. The van der Waals surface area contributed by atoms with Crippen LogP contribution in [0.25, 0.3) is 11.4 Å². The summed E-state index contributed by atoms with van der Waals surface area (Å²) < 4.78 is 0. The van der Waals surface area contributed by atoms with Gasteiger partial charge in [-0.05, 0) is 18.6 Å². The van der Waals surface area contributed by atoms with Crippen molar-refractivity contribution in [3.8, 4) is 11.4 Å². The first-order chi connectivity index (χ1) is 8.58. The molecule has 0 radical (unpaired) electrons. The van der Waals surface area contributed by atoms with Crippen LogP contribution < -0.4 is 0 Å². The van der Waals surface area contributed by atoms with Gasteiger partial charge in [0.15, 0.2) is 5.54 Å². The van der Waals surface area contributed by atoms with Crippen LogP contribution in [0.3, 0.4) is 0 Å². The van der Waals surface area contributed by atoms with Gasteiger partial charge in [-0.3, -0.25) is 0 Å². The van der Waals surface area contributed by atoms with E-state index in [0.717, 1.165) is 10.4 Å². The van der Waals surface area contributed by atoms with E-state index in [1.807, 2.05) is 30.3 Å². The second-order valence-corrected chi connectivity index (χ2v) is 4.20. The topological polar surface area (TPSA) is 80.9 Å². The number of aromatic nitrogens is 4. The lowest BCUT2D eigenvalue weighted by molar-refractivity contribution is -0.148. The second-order valence-electron chi connectivity index (χ2n) is 4.20. The van der Waals surface area contributed by atoms with Crippen LogP contribution in [0.4, 0.5) is 0 Å². The van der Waals surface area contributed by atoms with Crippen molar-refractivity contribution in [1.82, 2.24) is 20.2 Å². The first kappa shape index (κ1) is 12.2. The van der Waals surface area contributed by atoms with Crippen LogP contribution in [-0.4, -0.2) is 31.3 Å². The van der Waals surface area contributed by atoms with Gasteiger partial charge in [-0.25, -0.2) is 4.79 Å². The number of carboxylic acids is 1. The lowest BCUT2D eigenvalue weighted by Gasteiger charge is -2.20. The van der Waals surface area contributed by atoms with Crippen molar-refractivity contribution in [3.63, 3.8) is 0 Å². The van der Waals surface area contributed by atoms with Crippen LogP contribution in [0, 0.1) is 0 Å². The zero-order chi connectivity index (χ0) is 13.2. The van der Waals surface area contributed by atoms with Gasteiger partial charge in [-0.2, -0.15) is 0 Å². The zero-order valence-electron chi connectivity index (χ0n) is 10.2. The third-order valence-corrected chi connectivity index (χ3v) is 3.04. The van der Waals surface area contributed by atoms with Gasteiger partial charge in [-0.1, -0.05) is 37.3 Å². The lowest BCUT2D eigenvalue weighted by atomic mass is 10.0. The fraction of sp³-hybridized carbons (Fsp3) is 0.333. The monoisotopic (exact) mass is 246 g/mol. The highest BCUT2D eigenvalue weighted by atomic mass is 16.4. The minimum Gasteiger partial charge on any atom is -0.479 e. The van der Waals surface area contributed by atoms with E-state index in [-0.39, 0.29) is 0 Å². The molecule has 1 N–H and O–H groups in total. The van der Waals surface area contributed by atoms with E-state index in [0.29, 0.717) is 12.2 Å². The fourth-order valence-corrected chi connectivity index (χ4v) is 1.50. The Morgan fingerprint density at radius 3 is 2.61 bits per heavy atom. The Bertz CT molecular complexity index is 552. The van der Waals surface area contributed by atoms with E-state index < -0.39 is 11.5 Å². The van der Waals surface area contributed by atoms with Gasteiger partial charge < -0.3 is 5.11 Å². The quantitative estimate of drug-likeness (QED) is 0.885. The van der Waals surface area contributed by atoms with Crippen LogP contribution in [0.5, 0.6) is 0 Å². The van der Waals surface area contributed by atoms with Gasteiger partial charge in [0.1, 0.15) is 0 Å². The summed E-state index contributed by atoms with van der Waals surface area (Å²) in [7, 11) is 0. The number of tetrazole rings is 1. The number of hydrogen-bond donors (Lipinski definition) is 1. The van der Waals surface area contributed by atoms with E-state index in [4.69, 9.17) is 0 Å². The van der Waals surface area contributed by atoms with Crippen molar-refractivity contribution in [2.75, 3.05) is 0 Å². The highest BCUT2D eigenvalue weighted by molar-refractivity contribution is 5.75. The molecule has 18 heavy (non-hydrogen) atoms. The van der Waals surface area contributed by atoms with Crippen molar-refractivity contribution in [2.45, 2.75) is 25.8 Å². The molecule has 0 aliphatic rings. The van der Waals surface area contributed by atoms with Gasteiger partial charge in [0.05, 0.1) is 0 Å². The molecule has 1 heterocycles. The molecule has 1 aromatic heterocycles. The molecule has 2 rings (SSSR count). The molecule has 0 spiro atoms. The van der Waals surface area contributed by atoms with Gasteiger partial charge in [0.25, 0.3) is 0 Å². The van der Waals surface area contributed by atoms with Crippen molar-refractivity contribution >= 4 is 5.97 Å². The van der Waals surface area contributed by atoms with E-state index in [2.05, 4.69) is 15.4 Å². The largest absolute Gasteiger partial charge is 0.479 e. The van der Waals surface area contributed by atoms with E-state index >= 15 is 0 Å². The molecule has 2 aromatic rings. The molecule has 0 aliphatic heterocycles. The maximum absolute atomic E-state index is 11.3. The van der Waals surface area contributed by atoms with Crippen LogP contribution in [0.15, 0.2) is 30.3 Å². The number of rotatable bonds is 4. The summed E-state index contributed by atoms with van der Waals surface area (Å²) in [5.41, 5.74) is -0.354. The van der Waals surface area contributed by atoms with Crippen molar-refractivity contribution in [1.29, 1.82) is 0 Å². The minimum absolute atomic E-state index is 0.382. The Hall–Kier alpha value is -2.24. The van der Waals surface area contributed by atoms with E-state index in [9.17, 15) is 9.90 Å². The molecule has 0 fully saturated rings. The Kier molecular flexibility index (Phi) is 3.10. The van der Waals surface area contributed by atoms with Crippen molar-refractivity contribution in [2.24, 2.45) is 0 Å². The van der Waals surface area contributed by atoms with Crippen LogP contribution >= 0.6 is 0 Å². The van der Waals surface area contributed by atoms with Gasteiger partial charge in [0.2, 0.25) is 5.82 Å². The Labute approximate surface area is 104 Å². The van der Waals surface area contributed by atoms with Crippen LogP contribution in [-0.2, 0) is 10.3 Å². The summed E-state index contributed by atoms with van der Waals surface area (Å²) in [4.78, 5) is 12.4. The van der Waals surface area contributed by atoms with Crippen molar-refractivity contribution in [3.05, 3.63) is 30.3 Å². The first-order valence-electron chi connectivity index (χ1n) is 5.67. The normalized spacial score (nSPS) is 14.1. The molecule has 6 heteroatoms. The van der Waals surface area contributed by atoms with Gasteiger partial charge in [-0.15, -0.1) is 15.0 Å². The molecular formula is C12H14N4O2. The molecule has 0 saturated carbocycles. The number of carboxylic acid groups (broad SMARTS) is 1. The fourth-order valence-electron chi connectivity index (χ4n) is 1.50. The molecule has 0 amide bonds. The number of hydrogen-bond acceptors (Lipinski definition) is 4. The average molecular weight is 246 g/mol. The lowest BCUT2D eigenvalue weighted by Crippen LogP contribution is -2.40. The Balaban J connectivity index is 2.40. The maximum atomic E-state index is 11.3. The SMILES string of the molecule is CCC(C)(C(=O)O)n1nnc(-c2ccccc2)n1. The van der Waals surface area contributed by atoms with Crippen molar-refractivity contribution < 1.29 is 9.90 Å². The maximum Gasteiger partial charge on any atom is 0.333 e. The minimum atomic E-state index is -1.17. The molecule has 6 nitrogen and oxygen atoms in total. The molecular weight excluding hydrogens is 232 g/mol. The summed E-state index contributed by atoms with van der Waals surface area (Å²) in [5.74, 6) is -0.543. The van der Waals surface area contributed by atoms with Gasteiger partial charge >= 0.3 is 5.97 Å². The summed E-state index contributed by atoms with van der Waals surface area (Å²) in [6.45, 7) is 3.35. The van der Waals surface area contributed by atoms with E-state index in [1.165, 1.54) is 0 Å². The Morgan fingerprint density at radius 1 is 1.39 bits per heavy atom. The van der Waals surface area contributed by atoms with Crippen LogP contribution in [0.2, 0.25) is 0 Å². The average Bonchev–Trinajstić information content (AvgIpc) is 2.88. The summed E-state index contributed by atoms with van der Waals surface area (Å²) in [6, 6.07) is 9.33. The molecule has 94 valence electrons. The van der Waals surface area contributed by atoms with Crippen LogP contribution in [0.1, 0.15) is 20.3 Å². The molecule has 1 unspecified atom stereocenters. The molecule has 0 aliphatic carbocycles. The summed E-state index contributed by atoms with van der Waals surface area (Å²) >= 11 is 0. The summed E-state index contributed by atoms with van der Waals surface area (Å²) in [6.07, 6.45) is 0.382. The van der Waals surface area contributed by atoms with Gasteiger partial charge in [0, 0.05) is 5.56 Å². The predicted octanol–water partition coefficient (Wildman–Crippen LogP) is 1.55. The number of aliphatic carboxylic acids is 1. The second kappa shape index (κ2) is 4.56. The Morgan fingerprint density at radius 2 is 2.06 bits per heavy atom. The third-order valence-electron chi connectivity index (χ3n) is 3.04. The highest BCUT2D eigenvalue weighted by Crippen LogP contribution is 2.20. The highest BCUT2D eigenvalue weighted by Gasteiger charge is 2.36. The molecule has 0 bridgehead atoms. The number of carbonyl (C=O) groups is 1. The molecule has 1 atom stereocenters. The number of benzene rings is 1. The molecule has 1 aromatic carbocycles. The smallest absolute Gasteiger partial charge is 0.333 e. The third kappa shape index (κ3) is 1.97. The predicted molar refractivity (Wildman–Crippen MR) is 64.8 cm³/mol. The zero-order valence-corrected chi connectivity index (χ0v) is 10.2. The van der Waals surface area contributed by atoms with E-state index in [1.54, 1.807) is 13.8 Å². The first-order valence-corrected chi connectivity index (χ1v) is 5.67. The standard InChI is InChI=1S/C12H14N4O2/c1-3-12(2,11(17)18)16-14-10(13-15-16)9-7-5-4-6-8-9/h4-8H,3H2,1-2H3,(H,17,18).